The van der Waals surface area contributed by atoms with Crippen LogP contribution < -0.4 is 10.6 Å². The van der Waals surface area contributed by atoms with Crippen LogP contribution in [0.25, 0.3) is 0 Å². The minimum atomic E-state index is -0.767. The van der Waals surface area contributed by atoms with Gasteiger partial charge in [-0.05, 0) is 42.7 Å². The van der Waals surface area contributed by atoms with Gasteiger partial charge in [-0.15, -0.1) is 0 Å². The molecule has 0 aliphatic carbocycles. The number of anilines is 2. The Morgan fingerprint density at radius 1 is 1.14 bits per heavy atom. The van der Waals surface area contributed by atoms with Crippen molar-refractivity contribution in [3.63, 3.8) is 0 Å². The van der Waals surface area contributed by atoms with Gasteiger partial charge in [0.15, 0.2) is 0 Å². The van der Waals surface area contributed by atoms with Crippen LogP contribution in [0.2, 0.25) is 0 Å². The Labute approximate surface area is 121 Å². The minimum absolute atomic E-state index is 0.0335. The van der Waals surface area contributed by atoms with Crippen molar-refractivity contribution in [1.29, 1.82) is 0 Å². The molecule has 0 aromatic heterocycles. The summed E-state index contributed by atoms with van der Waals surface area (Å²) in [5.74, 6) is -2.05. The lowest BCUT2D eigenvalue weighted by molar-refractivity contribution is 0.102. The second-order valence-corrected chi connectivity index (χ2v) is 4.97. The summed E-state index contributed by atoms with van der Waals surface area (Å²) in [5.41, 5.74) is 2.65. The highest BCUT2D eigenvalue weighted by molar-refractivity contribution is 6.05. The number of carbonyl (C=O) groups is 1. The SMILES string of the molecule is O=C(Nc1cccc2c1CCCN2)c1cc(F)cc(F)c1. The topological polar surface area (TPSA) is 41.1 Å². The molecule has 0 radical (unpaired) electrons. The number of hydrogen-bond donors (Lipinski definition) is 2. The van der Waals surface area contributed by atoms with E-state index in [1.807, 2.05) is 12.1 Å². The summed E-state index contributed by atoms with van der Waals surface area (Å²) in [6, 6.07) is 8.35. The summed E-state index contributed by atoms with van der Waals surface area (Å²) < 4.78 is 26.3. The first-order valence-corrected chi connectivity index (χ1v) is 6.77. The number of carbonyl (C=O) groups excluding carboxylic acids is 1. The van der Waals surface area contributed by atoms with Crippen LogP contribution in [0.5, 0.6) is 0 Å². The third-order valence-corrected chi connectivity index (χ3v) is 3.47. The van der Waals surface area contributed by atoms with Gasteiger partial charge < -0.3 is 10.6 Å². The first-order valence-electron chi connectivity index (χ1n) is 6.77. The Balaban J connectivity index is 1.88. The zero-order valence-electron chi connectivity index (χ0n) is 11.2. The molecule has 2 N–H and O–H groups in total. The molecule has 108 valence electrons. The first kappa shape index (κ1) is 13.5. The summed E-state index contributed by atoms with van der Waals surface area (Å²) in [6.45, 7) is 0.902. The monoisotopic (exact) mass is 288 g/mol. The summed E-state index contributed by atoms with van der Waals surface area (Å²) >= 11 is 0. The molecule has 1 aliphatic heterocycles. The second-order valence-electron chi connectivity index (χ2n) is 4.97. The number of fused-ring (bicyclic) bond motifs is 1. The van der Waals surface area contributed by atoms with Crippen LogP contribution in [0.15, 0.2) is 36.4 Å². The molecule has 1 amide bonds. The van der Waals surface area contributed by atoms with Gasteiger partial charge in [-0.1, -0.05) is 6.07 Å². The molecule has 0 saturated carbocycles. The van der Waals surface area contributed by atoms with Gasteiger partial charge in [0.25, 0.3) is 5.91 Å². The van der Waals surface area contributed by atoms with Crippen LogP contribution in [0.3, 0.4) is 0 Å². The number of amides is 1. The molecule has 2 aromatic carbocycles. The lowest BCUT2D eigenvalue weighted by Crippen LogP contribution is -2.17. The van der Waals surface area contributed by atoms with Crippen molar-refractivity contribution < 1.29 is 13.6 Å². The molecule has 0 fully saturated rings. The van der Waals surface area contributed by atoms with E-state index in [1.165, 1.54) is 0 Å². The van der Waals surface area contributed by atoms with E-state index < -0.39 is 17.5 Å². The highest BCUT2D eigenvalue weighted by Gasteiger charge is 2.15. The smallest absolute Gasteiger partial charge is 0.255 e. The van der Waals surface area contributed by atoms with Crippen LogP contribution in [0.1, 0.15) is 22.3 Å². The van der Waals surface area contributed by atoms with Crippen molar-refractivity contribution >= 4 is 17.3 Å². The third-order valence-electron chi connectivity index (χ3n) is 3.47. The largest absolute Gasteiger partial charge is 0.385 e. The molecule has 0 saturated heterocycles. The molecule has 3 rings (SSSR count). The van der Waals surface area contributed by atoms with E-state index in [0.717, 1.165) is 48.8 Å². The molecule has 0 spiro atoms. The third kappa shape index (κ3) is 2.86. The molecular formula is C16H14F2N2O. The molecule has 5 heteroatoms. The Morgan fingerprint density at radius 2 is 1.90 bits per heavy atom. The van der Waals surface area contributed by atoms with Crippen LogP contribution in [-0.4, -0.2) is 12.5 Å². The maximum atomic E-state index is 13.2. The molecule has 0 unspecified atom stereocenters. The fourth-order valence-electron chi connectivity index (χ4n) is 2.51. The average molecular weight is 288 g/mol. The van der Waals surface area contributed by atoms with Crippen molar-refractivity contribution in [2.75, 3.05) is 17.2 Å². The average Bonchev–Trinajstić information content (AvgIpc) is 2.46. The van der Waals surface area contributed by atoms with Crippen molar-refractivity contribution in [2.24, 2.45) is 0 Å². The maximum Gasteiger partial charge on any atom is 0.255 e. The van der Waals surface area contributed by atoms with E-state index in [1.54, 1.807) is 6.07 Å². The van der Waals surface area contributed by atoms with Crippen molar-refractivity contribution in [1.82, 2.24) is 0 Å². The summed E-state index contributed by atoms with van der Waals surface area (Å²) in [4.78, 5) is 12.1. The normalized spacial score (nSPS) is 13.2. The predicted molar refractivity (Wildman–Crippen MR) is 77.6 cm³/mol. The van der Waals surface area contributed by atoms with Crippen LogP contribution in [0, 0.1) is 11.6 Å². The summed E-state index contributed by atoms with van der Waals surface area (Å²) in [5, 5.41) is 5.99. The Bertz CT molecular complexity index is 680. The molecule has 1 aliphatic rings. The highest BCUT2D eigenvalue weighted by atomic mass is 19.1. The van der Waals surface area contributed by atoms with E-state index in [0.29, 0.717) is 5.69 Å². The molecule has 2 aromatic rings. The van der Waals surface area contributed by atoms with Crippen LogP contribution in [0.4, 0.5) is 20.2 Å². The van der Waals surface area contributed by atoms with Gasteiger partial charge >= 0.3 is 0 Å². The molecule has 3 nitrogen and oxygen atoms in total. The number of benzene rings is 2. The number of halogens is 2. The van der Waals surface area contributed by atoms with Crippen LogP contribution in [-0.2, 0) is 6.42 Å². The van der Waals surface area contributed by atoms with Gasteiger partial charge in [-0.25, -0.2) is 8.78 Å². The second kappa shape index (κ2) is 5.52. The van der Waals surface area contributed by atoms with Gasteiger partial charge in [0.1, 0.15) is 11.6 Å². The van der Waals surface area contributed by atoms with Gasteiger partial charge in [0.2, 0.25) is 0 Å². The minimum Gasteiger partial charge on any atom is -0.385 e. The Kier molecular flexibility index (Phi) is 3.56. The van der Waals surface area contributed by atoms with Gasteiger partial charge in [-0.3, -0.25) is 4.79 Å². The van der Waals surface area contributed by atoms with E-state index in [4.69, 9.17) is 0 Å². The zero-order chi connectivity index (χ0) is 14.8. The number of rotatable bonds is 2. The quantitative estimate of drug-likeness (QED) is 0.887. The Hall–Kier alpha value is -2.43. The molecule has 0 atom stereocenters. The standard InChI is InChI=1S/C16H14F2N2O/c17-11-7-10(8-12(18)9-11)16(21)20-15-5-1-4-14-13(15)3-2-6-19-14/h1,4-5,7-9,19H,2-3,6H2,(H,20,21). The predicted octanol–water partition coefficient (Wildman–Crippen LogP) is 3.58. The van der Waals surface area contributed by atoms with Crippen LogP contribution >= 0.6 is 0 Å². The maximum absolute atomic E-state index is 13.2. The molecule has 0 bridgehead atoms. The van der Waals surface area contributed by atoms with Gasteiger partial charge in [0.05, 0.1) is 0 Å². The molecule has 21 heavy (non-hydrogen) atoms. The van der Waals surface area contributed by atoms with Crippen molar-refractivity contribution in [3.8, 4) is 0 Å². The highest BCUT2D eigenvalue weighted by Crippen LogP contribution is 2.29. The van der Waals surface area contributed by atoms with Gasteiger partial charge in [0, 0.05) is 29.5 Å². The summed E-state index contributed by atoms with van der Waals surface area (Å²) in [6.07, 6.45) is 1.84. The molecule has 1 heterocycles. The lowest BCUT2D eigenvalue weighted by atomic mass is 10.0. The lowest BCUT2D eigenvalue weighted by Gasteiger charge is -2.21. The summed E-state index contributed by atoms with van der Waals surface area (Å²) in [7, 11) is 0. The van der Waals surface area contributed by atoms with Crippen molar-refractivity contribution in [2.45, 2.75) is 12.8 Å². The van der Waals surface area contributed by atoms with E-state index in [2.05, 4.69) is 10.6 Å². The van der Waals surface area contributed by atoms with Gasteiger partial charge in [-0.2, -0.15) is 0 Å². The molecular weight excluding hydrogens is 274 g/mol. The Morgan fingerprint density at radius 3 is 2.67 bits per heavy atom. The van der Waals surface area contributed by atoms with E-state index >= 15 is 0 Å². The zero-order valence-corrected chi connectivity index (χ0v) is 11.2. The van der Waals surface area contributed by atoms with E-state index in [9.17, 15) is 13.6 Å². The van der Waals surface area contributed by atoms with Crippen molar-refractivity contribution in [3.05, 3.63) is 59.2 Å². The fraction of sp³-hybridized carbons (Fsp3) is 0.188. The number of hydrogen-bond acceptors (Lipinski definition) is 2. The van der Waals surface area contributed by atoms with E-state index in [-0.39, 0.29) is 5.56 Å². The number of nitrogens with one attached hydrogen (secondary N) is 2. The fourth-order valence-corrected chi connectivity index (χ4v) is 2.51. The first-order chi connectivity index (χ1) is 10.1.